The van der Waals surface area contributed by atoms with Crippen molar-refractivity contribution in [2.45, 2.75) is 4.33 Å². The molecular formula is C5HCl5. The van der Waals surface area contributed by atoms with E-state index < -0.39 is 4.33 Å². The van der Waals surface area contributed by atoms with E-state index >= 15 is 0 Å². The molecule has 0 saturated heterocycles. The summed E-state index contributed by atoms with van der Waals surface area (Å²) in [7, 11) is 0. The van der Waals surface area contributed by atoms with Crippen molar-refractivity contribution in [2.24, 2.45) is 0 Å². The minimum atomic E-state index is -1.24. The van der Waals surface area contributed by atoms with Gasteiger partial charge in [-0.15, -0.1) is 0 Å². The molecule has 0 N–H and O–H groups in total. The Kier molecular flexibility index (Phi) is 2.49. The topological polar surface area (TPSA) is 0 Å². The Labute approximate surface area is 83.3 Å². The maximum Gasteiger partial charge on any atom is 0.174 e. The third kappa shape index (κ3) is 1.41. The van der Waals surface area contributed by atoms with Crippen molar-refractivity contribution in [2.75, 3.05) is 0 Å². The van der Waals surface area contributed by atoms with E-state index in [2.05, 4.69) is 0 Å². The Bertz CT molecular complexity index is 224. The molecule has 1 aliphatic carbocycles. The van der Waals surface area contributed by atoms with Crippen LogP contribution in [0.2, 0.25) is 0 Å². The van der Waals surface area contributed by atoms with Gasteiger partial charge in [-0.25, -0.2) is 0 Å². The van der Waals surface area contributed by atoms with Crippen molar-refractivity contribution >= 4 is 58.0 Å². The Morgan fingerprint density at radius 2 is 1.60 bits per heavy atom. The molecular weight excluding hydrogens is 237 g/mol. The molecule has 0 aliphatic heterocycles. The highest BCUT2D eigenvalue weighted by Gasteiger charge is 2.34. The normalized spacial score (nSPS) is 23.5. The lowest BCUT2D eigenvalue weighted by Gasteiger charge is -2.07. The van der Waals surface area contributed by atoms with Gasteiger partial charge in [-0.2, -0.15) is 0 Å². The van der Waals surface area contributed by atoms with Crippen LogP contribution in [0.25, 0.3) is 0 Å². The van der Waals surface area contributed by atoms with Gasteiger partial charge in [0.15, 0.2) is 4.33 Å². The van der Waals surface area contributed by atoms with E-state index in [0.29, 0.717) is 0 Å². The van der Waals surface area contributed by atoms with Crippen molar-refractivity contribution in [1.82, 2.24) is 0 Å². The molecule has 0 unspecified atom stereocenters. The SMILES string of the molecule is ClC1=CC(Cl)(Cl)C(Cl)=C1Cl. The van der Waals surface area contributed by atoms with Crippen LogP contribution in [0.3, 0.4) is 0 Å². The molecule has 56 valence electrons. The number of allylic oxidation sites excluding steroid dienone is 4. The third-order valence-electron chi connectivity index (χ3n) is 1.00. The first kappa shape index (κ1) is 9.02. The van der Waals surface area contributed by atoms with E-state index in [1.54, 1.807) is 0 Å². The van der Waals surface area contributed by atoms with Crippen LogP contribution in [-0.4, -0.2) is 4.33 Å². The average molecular weight is 238 g/mol. The molecule has 0 nitrogen and oxygen atoms in total. The van der Waals surface area contributed by atoms with Gasteiger partial charge in [0.25, 0.3) is 0 Å². The van der Waals surface area contributed by atoms with Gasteiger partial charge in [0.05, 0.1) is 15.1 Å². The van der Waals surface area contributed by atoms with Gasteiger partial charge < -0.3 is 0 Å². The Hall–Kier alpha value is 0.930. The molecule has 1 rings (SSSR count). The molecule has 0 saturated carbocycles. The Morgan fingerprint density at radius 3 is 1.70 bits per heavy atom. The Balaban J connectivity index is 3.12. The molecule has 1 aliphatic rings. The van der Waals surface area contributed by atoms with Crippen molar-refractivity contribution in [1.29, 1.82) is 0 Å². The second-order valence-corrected chi connectivity index (χ2v) is 4.29. The van der Waals surface area contributed by atoms with Gasteiger partial charge in [-0.05, 0) is 6.08 Å². The molecule has 0 aromatic heterocycles. The molecule has 5 heteroatoms. The summed E-state index contributed by atoms with van der Waals surface area (Å²) >= 11 is 28.0. The molecule has 0 spiro atoms. The number of rotatable bonds is 0. The summed E-state index contributed by atoms with van der Waals surface area (Å²) < 4.78 is -1.24. The standard InChI is InChI=1S/C5HCl5/c6-2-1-5(9,10)4(8)3(2)7/h1H. The number of alkyl halides is 2. The smallest absolute Gasteiger partial charge is 0.0905 e. The molecule has 0 aromatic rings. The predicted molar refractivity (Wildman–Crippen MR) is 47.1 cm³/mol. The highest BCUT2D eigenvalue weighted by atomic mass is 35.5. The summed E-state index contributed by atoms with van der Waals surface area (Å²) in [4.78, 5) is 0. The van der Waals surface area contributed by atoms with Crippen LogP contribution in [0.5, 0.6) is 0 Å². The van der Waals surface area contributed by atoms with E-state index in [0.717, 1.165) is 0 Å². The van der Waals surface area contributed by atoms with Gasteiger partial charge in [-0.3, -0.25) is 0 Å². The maximum atomic E-state index is 5.64. The van der Waals surface area contributed by atoms with Gasteiger partial charge in [0.2, 0.25) is 0 Å². The van der Waals surface area contributed by atoms with Crippen molar-refractivity contribution in [3.8, 4) is 0 Å². The fourth-order valence-electron chi connectivity index (χ4n) is 0.537. The van der Waals surface area contributed by atoms with E-state index in [1.807, 2.05) is 0 Å². The molecule has 0 radical (unpaired) electrons. The Morgan fingerprint density at radius 1 is 1.10 bits per heavy atom. The van der Waals surface area contributed by atoms with Crippen LogP contribution in [0, 0.1) is 0 Å². The maximum absolute atomic E-state index is 5.64. The first-order valence-electron chi connectivity index (χ1n) is 2.27. The molecule has 0 bridgehead atoms. The van der Waals surface area contributed by atoms with Gasteiger partial charge >= 0.3 is 0 Å². The first-order valence-corrected chi connectivity index (χ1v) is 4.16. The zero-order valence-corrected chi connectivity index (χ0v) is 8.25. The highest BCUT2D eigenvalue weighted by molar-refractivity contribution is 6.62. The zero-order valence-electron chi connectivity index (χ0n) is 4.47. The summed E-state index contributed by atoms with van der Waals surface area (Å²) in [5.41, 5.74) is 0. The molecule has 0 heterocycles. The van der Waals surface area contributed by atoms with E-state index in [-0.39, 0.29) is 15.1 Å². The van der Waals surface area contributed by atoms with Crippen LogP contribution in [-0.2, 0) is 0 Å². The highest BCUT2D eigenvalue weighted by Crippen LogP contribution is 2.47. The third-order valence-corrected chi connectivity index (χ3v) is 3.16. The molecule has 0 fully saturated rings. The largest absolute Gasteiger partial charge is 0.174 e. The summed E-state index contributed by atoms with van der Waals surface area (Å²) in [6.45, 7) is 0. The molecule has 10 heavy (non-hydrogen) atoms. The number of halogens is 5. The first-order chi connectivity index (χ1) is 4.45. The van der Waals surface area contributed by atoms with Gasteiger partial charge in [0, 0.05) is 0 Å². The predicted octanol–water partition coefficient (Wildman–Crippen LogP) is 3.99. The van der Waals surface area contributed by atoms with Crippen LogP contribution in [0.4, 0.5) is 0 Å². The lowest BCUT2D eigenvalue weighted by molar-refractivity contribution is 1.27. The minimum Gasteiger partial charge on any atom is -0.0905 e. The number of hydrogen-bond donors (Lipinski definition) is 0. The van der Waals surface area contributed by atoms with Gasteiger partial charge in [-0.1, -0.05) is 58.0 Å². The fourth-order valence-corrected chi connectivity index (χ4v) is 1.82. The molecule has 0 atom stereocenters. The lowest BCUT2D eigenvalue weighted by Crippen LogP contribution is -2.04. The van der Waals surface area contributed by atoms with Crippen LogP contribution in [0.1, 0.15) is 0 Å². The van der Waals surface area contributed by atoms with E-state index in [1.165, 1.54) is 6.08 Å². The fraction of sp³-hybridized carbons (Fsp3) is 0.200. The van der Waals surface area contributed by atoms with Crippen molar-refractivity contribution < 1.29 is 0 Å². The van der Waals surface area contributed by atoms with E-state index in [9.17, 15) is 0 Å². The van der Waals surface area contributed by atoms with Crippen molar-refractivity contribution in [3.05, 3.63) is 21.2 Å². The summed E-state index contributed by atoms with van der Waals surface area (Å²) in [6.07, 6.45) is 1.38. The van der Waals surface area contributed by atoms with Crippen molar-refractivity contribution in [3.63, 3.8) is 0 Å². The molecule has 0 aromatic carbocycles. The van der Waals surface area contributed by atoms with Crippen LogP contribution < -0.4 is 0 Å². The quantitative estimate of drug-likeness (QED) is 0.560. The van der Waals surface area contributed by atoms with Crippen LogP contribution in [0.15, 0.2) is 21.2 Å². The summed E-state index contributed by atoms with van der Waals surface area (Å²) in [5.74, 6) is 0. The second-order valence-electron chi connectivity index (χ2n) is 1.74. The van der Waals surface area contributed by atoms with Crippen LogP contribution >= 0.6 is 58.0 Å². The summed E-state index contributed by atoms with van der Waals surface area (Å²) in [5, 5.41) is 0.660. The minimum absolute atomic E-state index is 0.155. The van der Waals surface area contributed by atoms with E-state index in [4.69, 9.17) is 58.0 Å². The van der Waals surface area contributed by atoms with Gasteiger partial charge in [0.1, 0.15) is 0 Å². The zero-order chi connectivity index (χ0) is 7.94. The lowest BCUT2D eigenvalue weighted by atomic mass is 10.4. The summed E-state index contributed by atoms with van der Waals surface area (Å²) in [6, 6.07) is 0. The average Bonchev–Trinajstić information content (AvgIpc) is 1.95. The number of hydrogen-bond acceptors (Lipinski definition) is 0. The molecule has 0 amide bonds. The second kappa shape index (κ2) is 2.76. The monoisotopic (exact) mass is 236 g/mol.